The molecule has 0 radical (unpaired) electrons. The van der Waals surface area contributed by atoms with Gasteiger partial charge in [0.15, 0.2) is 0 Å². The number of anilines is 1. The highest BCUT2D eigenvalue weighted by Gasteiger charge is 2.39. The first-order chi connectivity index (χ1) is 19.1. The molecule has 2 aliphatic rings. The summed E-state index contributed by atoms with van der Waals surface area (Å²) >= 11 is 12.8. The summed E-state index contributed by atoms with van der Waals surface area (Å²) in [7, 11) is 3.16. The maximum absolute atomic E-state index is 14.1. The molecule has 12 heteroatoms. The van der Waals surface area contributed by atoms with Crippen molar-refractivity contribution >= 4 is 35.1 Å². The molecule has 40 heavy (non-hydrogen) atoms. The third kappa shape index (κ3) is 5.65. The SMILES string of the molecule is COc1cc2c(c(OC)c1)C(c1cc(Cl)cc(Cl)c1)N(C(=O)C1CCN(c3nccc(C(F)(F)F)n3)CC1)CC2. The molecular weight excluding hydrogens is 568 g/mol. The van der Waals surface area contributed by atoms with E-state index in [1.165, 1.54) is 0 Å². The molecule has 2 aromatic carbocycles. The number of nitrogens with zero attached hydrogens (tertiary/aromatic N) is 4. The number of benzene rings is 2. The fourth-order valence-corrected chi connectivity index (χ4v) is 6.07. The van der Waals surface area contributed by atoms with Crippen LogP contribution in [-0.4, -0.2) is 54.6 Å². The predicted octanol–water partition coefficient (Wildman–Crippen LogP) is 6.21. The lowest BCUT2D eigenvalue weighted by molar-refractivity contribution is -0.141. The Balaban J connectivity index is 1.43. The van der Waals surface area contributed by atoms with Crippen molar-refractivity contribution in [2.45, 2.75) is 31.5 Å². The monoisotopic (exact) mass is 594 g/mol. The van der Waals surface area contributed by atoms with E-state index in [0.29, 0.717) is 60.4 Å². The standard InChI is InChI=1S/C28H27Cl2F3N4O3/c1-39-21-13-17-6-10-37(25(24(17)22(15-21)40-2)18-11-19(29)14-20(30)12-18)26(38)16-4-8-36(9-5-16)27-34-7-3-23(35-27)28(31,32)33/h3,7,11-16,25H,4-6,8-10H2,1-2H3. The van der Waals surface area contributed by atoms with Crippen molar-refractivity contribution < 1.29 is 27.4 Å². The van der Waals surface area contributed by atoms with E-state index in [1.54, 1.807) is 43.4 Å². The fraction of sp³-hybridized carbons (Fsp3) is 0.393. The molecule has 212 valence electrons. The molecule has 1 amide bonds. The number of alkyl halides is 3. The number of piperidine rings is 1. The number of carbonyl (C=O) groups excluding carboxylic acids is 1. The number of ether oxygens (including phenoxy) is 2. The van der Waals surface area contributed by atoms with Gasteiger partial charge in [-0.1, -0.05) is 23.2 Å². The van der Waals surface area contributed by atoms with Crippen molar-refractivity contribution in [2.75, 3.05) is 38.8 Å². The number of halogens is 5. The molecule has 1 fully saturated rings. The zero-order valence-electron chi connectivity index (χ0n) is 21.8. The zero-order chi connectivity index (χ0) is 28.6. The first kappa shape index (κ1) is 28.3. The molecule has 1 unspecified atom stereocenters. The Hall–Kier alpha value is -3.24. The number of fused-ring (bicyclic) bond motifs is 1. The molecule has 1 saturated heterocycles. The average molecular weight is 595 g/mol. The number of carbonyl (C=O) groups is 1. The van der Waals surface area contributed by atoms with Gasteiger partial charge in [0, 0.05) is 53.4 Å². The van der Waals surface area contributed by atoms with Crippen LogP contribution in [0.25, 0.3) is 0 Å². The molecule has 1 aromatic heterocycles. The van der Waals surface area contributed by atoms with E-state index in [4.69, 9.17) is 32.7 Å². The first-order valence-corrected chi connectivity index (χ1v) is 13.5. The highest BCUT2D eigenvalue weighted by molar-refractivity contribution is 6.34. The van der Waals surface area contributed by atoms with Gasteiger partial charge in [-0.3, -0.25) is 4.79 Å². The molecular formula is C28H27Cl2F3N4O3. The van der Waals surface area contributed by atoms with Crippen LogP contribution in [0.5, 0.6) is 11.5 Å². The molecule has 0 saturated carbocycles. The second-order valence-corrected chi connectivity index (χ2v) is 10.7. The van der Waals surface area contributed by atoms with E-state index in [0.717, 1.165) is 29.0 Å². The van der Waals surface area contributed by atoms with Crippen LogP contribution < -0.4 is 14.4 Å². The van der Waals surface area contributed by atoms with Crippen molar-refractivity contribution in [1.82, 2.24) is 14.9 Å². The van der Waals surface area contributed by atoms with Gasteiger partial charge < -0.3 is 19.3 Å². The van der Waals surface area contributed by atoms with E-state index >= 15 is 0 Å². The number of hydrogen-bond donors (Lipinski definition) is 0. The minimum atomic E-state index is -4.56. The van der Waals surface area contributed by atoms with E-state index in [2.05, 4.69) is 9.97 Å². The number of methoxy groups -OCH3 is 2. The smallest absolute Gasteiger partial charge is 0.433 e. The van der Waals surface area contributed by atoms with Gasteiger partial charge in [-0.15, -0.1) is 0 Å². The molecule has 0 N–H and O–H groups in total. The molecule has 1 atom stereocenters. The summed E-state index contributed by atoms with van der Waals surface area (Å²) in [5.74, 6) is 0.879. The topological polar surface area (TPSA) is 67.8 Å². The summed E-state index contributed by atoms with van der Waals surface area (Å²) in [4.78, 5) is 25.3. The number of hydrogen-bond acceptors (Lipinski definition) is 6. The minimum Gasteiger partial charge on any atom is -0.497 e. The van der Waals surface area contributed by atoms with Crippen LogP contribution in [0.15, 0.2) is 42.6 Å². The number of amides is 1. The van der Waals surface area contributed by atoms with Crippen LogP contribution in [0.4, 0.5) is 19.1 Å². The van der Waals surface area contributed by atoms with Crippen LogP contribution in [0.1, 0.15) is 41.3 Å². The lowest BCUT2D eigenvalue weighted by atomic mass is 9.85. The quantitative estimate of drug-likeness (QED) is 0.350. The molecule has 2 aliphatic heterocycles. The lowest BCUT2D eigenvalue weighted by Gasteiger charge is -2.42. The Morgan fingerprint density at radius 2 is 1.70 bits per heavy atom. The average Bonchev–Trinajstić information content (AvgIpc) is 2.94. The Bertz CT molecular complexity index is 1380. The molecule has 0 aliphatic carbocycles. The summed E-state index contributed by atoms with van der Waals surface area (Å²) < 4.78 is 50.7. The van der Waals surface area contributed by atoms with Crippen molar-refractivity contribution in [2.24, 2.45) is 5.92 Å². The van der Waals surface area contributed by atoms with Crippen LogP contribution in [0.2, 0.25) is 10.0 Å². The first-order valence-electron chi connectivity index (χ1n) is 12.8. The van der Waals surface area contributed by atoms with Crippen molar-refractivity contribution in [1.29, 1.82) is 0 Å². The maximum atomic E-state index is 14.1. The molecule has 0 spiro atoms. The second kappa shape index (κ2) is 11.3. The normalized spacial score (nSPS) is 17.9. The Kier molecular flexibility index (Phi) is 8.01. The van der Waals surface area contributed by atoms with Crippen LogP contribution >= 0.6 is 23.2 Å². The Morgan fingerprint density at radius 3 is 2.33 bits per heavy atom. The van der Waals surface area contributed by atoms with Crippen LogP contribution in [-0.2, 0) is 17.4 Å². The molecule has 3 heterocycles. The predicted molar refractivity (Wildman–Crippen MR) is 145 cm³/mol. The molecule has 5 rings (SSSR count). The molecule has 0 bridgehead atoms. The Labute approximate surface area is 239 Å². The third-order valence-corrected chi connectivity index (χ3v) is 7.84. The fourth-order valence-electron chi connectivity index (χ4n) is 5.52. The van der Waals surface area contributed by atoms with Crippen LogP contribution in [0, 0.1) is 5.92 Å². The van der Waals surface area contributed by atoms with Gasteiger partial charge >= 0.3 is 6.18 Å². The van der Waals surface area contributed by atoms with Gasteiger partial charge in [0.25, 0.3) is 0 Å². The lowest BCUT2D eigenvalue weighted by Crippen LogP contribution is -2.47. The highest BCUT2D eigenvalue weighted by atomic mass is 35.5. The summed E-state index contributed by atoms with van der Waals surface area (Å²) in [6.45, 7) is 1.17. The van der Waals surface area contributed by atoms with Crippen molar-refractivity contribution in [3.63, 3.8) is 0 Å². The third-order valence-electron chi connectivity index (χ3n) is 7.41. The second-order valence-electron chi connectivity index (χ2n) is 9.79. The van der Waals surface area contributed by atoms with Gasteiger partial charge in [-0.2, -0.15) is 13.2 Å². The van der Waals surface area contributed by atoms with Crippen molar-refractivity contribution in [3.8, 4) is 11.5 Å². The zero-order valence-corrected chi connectivity index (χ0v) is 23.4. The molecule has 7 nitrogen and oxygen atoms in total. The number of rotatable bonds is 5. The largest absolute Gasteiger partial charge is 0.497 e. The van der Waals surface area contributed by atoms with Gasteiger partial charge in [0.1, 0.15) is 17.2 Å². The van der Waals surface area contributed by atoms with Gasteiger partial charge in [0.05, 0.1) is 20.3 Å². The van der Waals surface area contributed by atoms with Gasteiger partial charge in [-0.05, 0) is 60.7 Å². The summed E-state index contributed by atoms with van der Waals surface area (Å²) in [6, 6.07) is 9.32. The van der Waals surface area contributed by atoms with Gasteiger partial charge in [-0.25, -0.2) is 9.97 Å². The van der Waals surface area contributed by atoms with E-state index in [-0.39, 0.29) is 17.8 Å². The highest BCUT2D eigenvalue weighted by Crippen LogP contribution is 2.45. The molecule has 3 aromatic rings. The van der Waals surface area contributed by atoms with Crippen molar-refractivity contribution in [3.05, 3.63) is 75.0 Å². The maximum Gasteiger partial charge on any atom is 0.433 e. The van der Waals surface area contributed by atoms with Gasteiger partial charge in [0.2, 0.25) is 11.9 Å². The van der Waals surface area contributed by atoms with E-state index in [1.807, 2.05) is 11.0 Å². The summed E-state index contributed by atoms with van der Waals surface area (Å²) in [5, 5.41) is 0.896. The summed E-state index contributed by atoms with van der Waals surface area (Å²) in [5.41, 5.74) is 1.61. The Morgan fingerprint density at radius 1 is 1.00 bits per heavy atom. The number of aromatic nitrogens is 2. The van der Waals surface area contributed by atoms with Crippen LogP contribution in [0.3, 0.4) is 0 Å². The van der Waals surface area contributed by atoms with E-state index < -0.39 is 17.9 Å². The summed E-state index contributed by atoms with van der Waals surface area (Å²) in [6.07, 6.45) is -1.96. The van der Waals surface area contributed by atoms with E-state index in [9.17, 15) is 18.0 Å². The minimum absolute atomic E-state index is 0.0118.